The summed E-state index contributed by atoms with van der Waals surface area (Å²) in [6.45, 7) is 2.79. The second-order valence-corrected chi connectivity index (χ2v) is 5.26. The van der Waals surface area contributed by atoms with Gasteiger partial charge in [-0.1, -0.05) is 12.1 Å². The predicted octanol–water partition coefficient (Wildman–Crippen LogP) is 2.65. The van der Waals surface area contributed by atoms with Crippen molar-refractivity contribution in [1.29, 1.82) is 0 Å². The molecule has 6 heteroatoms. The van der Waals surface area contributed by atoms with Crippen LogP contribution < -0.4 is 0 Å². The zero-order valence-electron chi connectivity index (χ0n) is 10.7. The van der Waals surface area contributed by atoms with Crippen LogP contribution in [0.4, 0.5) is 4.39 Å². The monoisotopic (exact) mass is 281 g/mol. The number of benzene rings is 1. The summed E-state index contributed by atoms with van der Waals surface area (Å²) in [5.74, 6) is 0.234. The van der Waals surface area contributed by atoms with Gasteiger partial charge in [0.05, 0.1) is 11.9 Å². The number of rotatable bonds is 6. The maximum absolute atomic E-state index is 12.8. The SMILES string of the molecule is CCCn1nncc1C(O)CSc1ccc(F)cc1. The average Bonchev–Trinajstić information content (AvgIpc) is 2.86. The molecule has 1 heterocycles. The third-order valence-electron chi connectivity index (χ3n) is 2.65. The molecule has 19 heavy (non-hydrogen) atoms. The quantitative estimate of drug-likeness (QED) is 0.827. The van der Waals surface area contributed by atoms with Crippen molar-refractivity contribution in [3.05, 3.63) is 42.0 Å². The third kappa shape index (κ3) is 3.78. The van der Waals surface area contributed by atoms with Crippen molar-refractivity contribution in [2.45, 2.75) is 30.9 Å². The van der Waals surface area contributed by atoms with Gasteiger partial charge in [0.25, 0.3) is 0 Å². The Bertz CT molecular complexity index is 515. The molecule has 1 N–H and O–H groups in total. The fourth-order valence-corrected chi connectivity index (χ4v) is 2.55. The number of hydrogen-bond donors (Lipinski definition) is 1. The zero-order chi connectivity index (χ0) is 13.7. The molecule has 2 aromatic rings. The Kier molecular flexibility index (Phi) is 4.93. The first-order valence-electron chi connectivity index (χ1n) is 6.15. The van der Waals surface area contributed by atoms with E-state index in [-0.39, 0.29) is 5.82 Å². The number of halogens is 1. The lowest BCUT2D eigenvalue weighted by atomic mass is 10.3. The van der Waals surface area contributed by atoms with E-state index in [4.69, 9.17) is 0 Å². The van der Waals surface area contributed by atoms with Crippen molar-refractivity contribution in [3.63, 3.8) is 0 Å². The molecule has 0 radical (unpaired) electrons. The number of aliphatic hydroxyl groups is 1. The molecular formula is C13H16FN3OS. The molecule has 1 aromatic heterocycles. The highest BCUT2D eigenvalue weighted by atomic mass is 32.2. The molecule has 0 spiro atoms. The van der Waals surface area contributed by atoms with E-state index >= 15 is 0 Å². The Labute approximate surface area is 115 Å². The van der Waals surface area contributed by atoms with Gasteiger partial charge in [-0.25, -0.2) is 9.07 Å². The highest BCUT2D eigenvalue weighted by molar-refractivity contribution is 7.99. The van der Waals surface area contributed by atoms with E-state index in [1.165, 1.54) is 23.9 Å². The van der Waals surface area contributed by atoms with Gasteiger partial charge in [0.2, 0.25) is 0 Å². The van der Waals surface area contributed by atoms with Crippen LogP contribution in [0.5, 0.6) is 0 Å². The summed E-state index contributed by atoms with van der Waals surface area (Å²) >= 11 is 1.48. The van der Waals surface area contributed by atoms with Crippen LogP contribution in [0.2, 0.25) is 0 Å². The molecule has 0 amide bonds. The summed E-state index contributed by atoms with van der Waals surface area (Å²) < 4.78 is 14.5. The summed E-state index contributed by atoms with van der Waals surface area (Å²) in [5.41, 5.74) is 0.719. The molecule has 0 aliphatic heterocycles. The molecule has 0 saturated carbocycles. The Morgan fingerprint density at radius 3 is 2.79 bits per heavy atom. The van der Waals surface area contributed by atoms with E-state index in [1.807, 2.05) is 6.92 Å². The highest BCUT2D eigenvalue weighted by Gasteiger charge is 2.14. The van der Waals surface area contributed by atoms with Crippen molar-refractivity contribution >= 4 is 11.8 Å². The van der Waals surface area contributed by atoms with Crippen LogP contribution in [-0.4, -0.2) is 25.9 Å². The second kappa shape index (κ2) is 6.68. The van der Waals surface area contributed by atoms with Gasteiger partial charge in [0, 0.05) is 17.2 Å². The molecule has 0 bridgehead atoms. The largest absolute Gasteiger partial charge is 0.386 e. The number of aromatic nitrogens is 3. The summed E-state index contributed by atoms with van der Waals surface area (Å²) in [5, 5.41) is 17.9. The van der Waals surface area contributed by atoms with Gasteiger partial charge in [0.15, 0.2) is 0 Å². The standard InChI is InChI=1S/C13H16FN3OS/c1-2-7-17-12(8-15-16-17)13(18)9-19-11-5-3-10(14)4-6-11/h3-6,8,13,18H,2,7,9H2,1H3. The van der Waals surface area contributed by atoms with Crippen molar-refractivity contribution in [3.8, 4) is 0 Å². The first-order chi connectivity index (χ1) is 9.20. The fourth-order valence-electron chi connectivity index (χ4n) is 1.70. The molecule has 1 atom stereocenters. The Morgan fingerprint density at radius 1 is 1.37 bits per heavy atom. The molecular weight excluding hydrogens is 265 g/mol. The van der Waals surface area contributed by atoms with Crippen molar-refractivity contribution in [2.24, 2.45) is 0 Å². The van der Waals surface area contributed by atoms with Crippen LogP contribution in [0.15, 0.2) is 35.4 Å². The smallest absolute Gasteiger partial charge is 0.123 e. The molecule has 102 valence electrons. The van der Waals surface area contributed by atoms with Crippen LogP contribution in [0.25, 0.3) is 0 Å². The topological polar surface area (TPSA) is 50.9 Å². The third-order valence-corrected chi connectivity index (χ3v) is 3.73. The van der Waals surface area contributed by atoms with Gasteiger partial charge >= 0.3 is 0 Å². The van der Waals surface area contributed by atoms with Crippen LogP contribution >= 0.6 is 11.8 Å². The number of thioether (sulfide) groups is 1. The molecule has 0 aliphatic rings. The minimum absolute atomic E-state index is 0.255. The van der Waals surface area contributed by atoms with E-state index in [9.17, 15) is 9.50 Å². The highest BCUT2D eigenvalue weighted by Crippen LogP contribution is 2.24. The maximum Gasteiger partial charge on any atom is 0.123 e. The van der Waals surface area contributed by atoms with E-state index in [1.54, 1.807) is 23.0 Å². The first kappa shape index (κ1) is 14.0. The Hall–Kier alpha value is -1.40. The second-order valence-electron chi connectivity index (χ2n) is 4.16. The summed E-state index contributed by atoms with van der Waals surface area (Å²) in [7, 11) is 0. The van der Waals surface area contributed by atoms with E-state index < -0.39 is 6.10 Å². The lowest BCUT2D eigenvalue weighted by molar-refractivity contribution is 0.191. The lowest BCUT2D eigenvalue weighted by Gasteiger charge is -2.11. The molecule has 4 nitrogen and oxygen atoms in total. The van der Waals surface area contributed by atoms with Crippen LogP contribution in [0.3, 0.4) is 0 Å². The van der Waals surface area contributed by atoms with Gasteiger partial charge in [-0.15, -0.1) is 16.9 Å². The van der Waals surface area contributed by atoms with Crippen LogP contribution in [0, 0.1) is 5.82 Å². The summed E-state index contributed by atoms with van der Waals surface area (Å²) in [6.07, 6.45) is 1.90. The van der Waals surface area contributed by atoms with Crippen molar-refractivity contribution in [1.82, 2.24) is 15.0 Å². The molecule has 0 aliphatic carbocycles. The molecule has 0 saturated heterocycles. The number of aliphatic hydroxyl groups excluding tert-OH is 1. The van der Waals surface area contributed by atoms with Crippen LogP contribution in [0.1, 0.15) is 25.1 Å². The number of hydrogen-bond acceptors (Lipinski definition) is 4. The van der Waals surface area contributed by atoms with Gasteiger partial charge in [-0.3, -0.25) is 0 Å². The van der Waals surface area contributed by atoms with E-state index in [0.717, 1.165) is 23.6 Å². The van der Waals surface area contributed by atoms with Crippen LogP contribution in [-0.2, 0) is 6.54 Å². The van der Waals surface area contributed by atoms with Gasteiger partial charge in [-0.2, -0.15) is 0 Å². The number of aryl methyl sites for hydroxylation is 1. The maximum atomic E-state index is 12.8. The Balaban J connectivity index is 1.95. The summed E-state index contributed by atoms with van der Waals surface area (Å²) in [6, 6.07) is 6.23. The molecule has 0 fully saturated rings. The Morgan fingerprint density at radius 2 is 2.11 bits per heavy atom. The lowest BCUT2D eigenvalue weighted by Crippen LogP contribution is -2.10. The molecule has 1 aromatic carbocycles. The average molecular weight is 281 g/mol. The van der Waals surface area contributed by atoms with Gasteiger partial charge < -0.3 is 5.11 Å². The van der Waals surface area contributed by atoms with Crippen molar-refractivity contribution < 1.29 is 9.50 Å². The summed E-state index contributed by atoms with van der Waals surface area (Å²) in [4.78, 5) is 0.926. The first-order valence-corrected chi connectivity index (χ1v) is 7.14. The zero-order valence-corrected chi connectivity index (χ0v) is 11.5. The molecule has 2 rings (SSSR count). The fraction of sp³-hybridized carbons (Fsp3) is 0.385. The van der Waals surface area contributed by atoms with E-state index in [0.29, 0.717) is 5.75 Å². The van der Waals surface area contributed by atoms with Gasteiger partial charge in [0.1, 0.15) is 11.9 Å². The normalized spacial score (nSPS) is 12.6. The van der Waals surface area contributed by atoms with E-state index in [2.05, 4.69) is 10.3 Å². The minimum Gasteiger partial charge on any atom is -0.386 e. The number of nitrogens with zero attached hydrogens (tertiary/aromatic N) is 3. The predicted molar refractivity (Wildman–Crippen MR) is 72.4 cm³/mol. The van der Waals surface area contributed by atoms with Gasteiger partial charge in [-0.05, 0) is 30.7 Å². The van der Waals surface area contributed by atoms with Crippen molar-refractivity contribution in [2.75, 3.05) is 5.75 Å². The minimum atomic E-state index is -0.628. The molecule has 1 unspecified atom stereocenters.